The molecule has 2 aromatic carbocycles. The standard InChI is InChI=1S/C18H15BrN2O2/c1-11(12-5-3-2-4-6-12)21-18(22)15-10-13-9-14(19)7-8-16(13)23-17(15)20/h2-11,20H,1H3,(H,21,22)/t11-/m1/s1. The van der Waals surface area contributed by atoms with E-state index in [0.717, 1.165) is 15.4 Å². The van der Waals surface area contributed by atoms with Crippen molar-refractivity contribution in [2.45, 2.75) is 13.0 Å². The van der Waals surface area contributed by atoms with Crippen molar-refractivity contribution in [1.82, 2.24) is 5.32 Å². The lowest BCUT2D eigenvalue weighted by molar-refractivity contribution is 0.0935. The summed E-state index contributed by atoms with van der Waals surface area (Å²) in [6.07, 6.45) is 0. The molecule has 5 heteroatoms. The van der Waals surface area contributed by atoms with Gasteiger partial charge in [-0.1, -0.05) is 46.3 Å². The zero-order valence-electron chi connectivity index (χ0n) is 12.5. The van der Waals surface area contributed by atoms with Gasteiger partial charge in [-0.3, -0.25) is 10.2 Å². The molecule has 0 spiro atoms. The minimum absolute atomic E-state index is 0.141. The average Bonchev–Trinajstić information content (AvgIpc) is 2.55. The van der Waals surface area contributed by atoms with Crippen LogP contribution in [0.2, 0.25) is 0 Å². The minimum Gasteiger partial charge on any atom is -0.438 e. The molecule has 0 bridgehead atoms. The highest BCUT2D eigenvalue weighted by atomic mass is 79.9. The highest BCUT2D eigenvalue weighted by Gasteiger charge is 2.15. The van der Waals surface area contributed by atoms with Crippen molar-refractivity contribution in [3.8, 4) is 0 Å². The van der Waals surface area contributed by atoms with Crippen molar-refractivity contribution >= 4 is 32.8 Å². The van der Waals surface area contributed by atoms with Crippen LogP contribution < -0.4 is 10.9 Å². The van der Waals surface area contributed by atoms with Gasteiger partial charge in [0.05, 0.1) is 6.04 Å². The van der Waals surface area contributed by atoms with Crippen LogP contribution in [0.15, 0.2) is 63.5 Å². The van der Waals surface area contributed by atoms with Gasteiger partial charge in [-0.2, -0.15) is 0 Å². The molecule has 116 valence electrons. The maximum atomic E-state index is 12.5. The largest absolute Gasteiger partial charge is 0.438 e. The first-order chi connectivity index (χ1) is 11.0. The first kappa shape index (κ1) is 15.5. The molecule has 1 aromatic heterocycles. The van der Waals surface area contributed by atoms with Crippen molar-refractivity contribution in [2.75, 3.05) is 0 Å². The lowest BCUT2D eigenvalue weighted by atomic mass is 10.1. The fraction of sp³-hybridized carbons (Fsp3) is 0.111. The molecule has 0 aliphatic heterocycles. The lowest BCUT2D eigenvalue weighted by Gasteiger charge is -2.14. The van der Waals surface area contributed by atoms with Gasteiger partial charge in [0.15, 0.2) is 0 Å². The first-order valence-electron chi connectivity index (χ1n) is 7.18. The van der Waals surface area contributed by atoms with E-state index < -0.39 is 0 Å². The van der Waals surface area contributed by atoms with Crippen molar-refractivity contribution in [2.24, 2.45) is 0 Å². The van der Waals surface area contributed by atoms with E-state index in [1.807, 2.05) is 49.4 Å². The Morgan fingerprint density at radius 2 is 1.91 bits per heavy atom. The molecule has 0 saturated heterocycles. The van der Waals surface area contributed by atoms with Crippen molar-refractivity contribution < 1.29 is 9.21 Å². The summed E-state index contributed by atoms with van der Waals surface area (Å²) >= 11 is 3.39. The normalized spacial score (nSPS) is 12.1. The van der Waals surface area contributed by atoms with Gasteiger partial charge >= 0.3 is 0 Å². The summed E-state index contributed by atoms with van der Waals surface area (Å²) in [7, 11) is 0. The highest BCUT2D eigenvalue weighted by Crippen LogP contribution is 2.19. The van der Waals surface area contributed by atoms with E-state index in [9.17, 15) is 4.79 Å². The molecule has 3 rings (SSSR count). The Morgan fingerprint density at radius 1 is 1.17 bits per heavy atom. The molecule has 0 saturated carbocycles. The van der Waals surface area contributed by atoms with Crippen molar-refractivity contribution in [3.63, 3.8) is 0 Å². The van der Waals surface area contributed by atoms with E-state index in [1.54, 1.807) is 12.1 Å². The molecule has 0 aliphatic carbocycles. The lowest BCUT2D eigenvalue weighted by Crippen LogP contribution is -2.30. The third kappa shape index (κ3) is 3.35. The number of rotatable bonds is 3. The molecule has 0 fully saturated rings. The summed E-state index contributed by atoms with van der Waals surface area (Å²) < 4.78 is 6.33. The Labute approximate surface area is 141 Å². The van der Waals surface area contributed by atoms with E-state index in [4.69, 9.17) is 9.83 Å². The fourth-order valence-corrected chi connectivity index (χ4v) is 2.76. The summed E-state index contributed by atoms with van der Waals surface area (Å²) in [6, 6.07) is 16.7. The van der Waals surface area contributed by atoms with E-state index in [1.165, 1.54) is 0 Å². The van der Waals surface area contributed by atoms with Crippen LogP contribution in [0.4, 0.5) is 0 Å². The second-order valence-electron chi connectivity index (χ2n) is 5.28. The van der Waals surface area contributed by atoms with E-state index >= 15 is 0 Å². The summed E-state index contributed by atoms with van der Waals surface area (Å²) in [5.74, 6) is -0.322. The molecular formula is C18H15BrN2O2. The van der Waals surface area contributed by atoms with Crippen LogP contribution in [-0.4, -0.2) is 5.91 Å². The molecule has 1 amide bonds. The zero-order chi connectivity index (χ0) is 16.4. The minimum atomic E-state index is -0.322. The third-order valence-electron chi connectivity index (χ3n) is 3.62. The molecule has 0 unspecified atom stereocenters. The van der Waals surface area contributed by atoms with Crippen LogP contribution in [-0.2, 0) is 0 Å². The Balaban J connectivity index is 1.91. The molecule has 2 N–H and O–H groups in total. The summed E-state index contributed by atoms with van der Waals surface area (Å²) in [6.45, 7) is 1.91. The van der Waals surface area contributed by atoms with Crippen LogP contribution >= 0.6 is 15.9 Å². The summed E-state index contributed by atoms with van der Waals surface area (Å²) in [4.78, 5) is 12.5. The smallest absolute Gasteiger partial charge is 0.257 e. The number of carbonyl (C=O) groups is 1. The Bertz CT molecular complexity index is 919. The summed E-state index contributed by atoms with van der Waals surface area (Å²) in [5, 5.41) is 11.6. The number of halogens is 1. The number of nitrogens with one attached hydrogen (secondary N) is 2. The molecule has 0 radical (unpaired) electrons. The van der Waals surface area contributed by atoms with Crippen LogP contribution in [0.5, 0.6) is 0 Å². The molecule has 0 aliphatic rings. The quantitative estimate of drug-likeness (QED) is 0.726. The molecule has 23 heavy (non-hydrogen) atoms. The van der Waals surface area contributed by atoms with Crippen molar-refractivity contribution in [1.29, 1.82) is 5.41 Å². The molecule has 1 atom stereocenters. The number of amides is 1. The van der Waals surface area contributed by atoms with Gasteiger partial charge in [0.25, 0.3) is 5.91 Å². The van der Waals surface area contributed by atoms with Gasteiger partial charge in [0, 0.05) is 9.86 Å². The topological polar surface area (TPSA) is 66.1 Å². The first-order valence-corrected chi connectivity index (χ1v) is 7.98. The monoisotopic (exact) mass is 370 g/mol. The second kappa shape index (κ2) is 6.38. The predicted molar refractivity (Wildman–Crippen MR) is 92.1 cm³/mol. The average molecular weight is 371 g/mol. The highest BCUT2D eigenvalue weighted by molar-refractivity contribution is 9.10. The fourth-order valence-electron chi connectivity index (χ4n) is 2.38. The van der Waals surface area contributed by atoms with Crippen LogP contribution in [0, 0.1) is 5.41 Å². The van der Waals surface area contributed by atoms with Crippen molar-refractivity contribution in [3.05, 3.63) is 75.8 Å². The Kier molecular flexibility index (Phi) is 4.30. The second-order valence-corrected chi connectivity index (χ2v) is 6.19. The Morgan fingerprint density at radius 3 is 2.65 bits per heavy atom. The van der Waals surface area contributed by atoms with Gasteiger partial charge in [0.1, 0.15) is 11.1 Å². The van der Waals surface area contributed by atoms with Gasteiger partial charge in [-0.05, 0) is 36.8 Å². The molecule has 4 nitrogen and oxygen atoms in total. The number of fused-ring (bicyclic) bond motifs is 1. The van der Waals surface area contributed by atoms with E-state index in [-0.39, 0.29) is 23.1 Å². The Hall–Kier alpha value is -2.40. The zero-order valence-corrected chi connectivity index (χ0v) is 14.1. The van der Waals surface area contributed by atoms with Gasteiger partial charge < -0.3 is 9.73 Å². The van der Waals surface area contributed by atoms with Gasteiger partial charge in [-0.15, -0.1) is 0 Å². The molecular weight excluding hydrogens is 356 g/mol. The van der Waals surface area contributed by atoms with E-state index in [2.05, 4.69) is 21.2 Å². The van der Waals surface area contributed by atoms with Gasteiger partial charge in [-0.25, -0.2) is 0 Å². The maximum absolute atomic E-state index is 12.5. The van der Waals surface area contributed by atoms with Crippen LogP contribution in [0.1, 0.15) is 28.9 Å². The van der Waals surface area contributed by atoms with Crippen LogP contribution in [0.25, 0.3) is 11.0 Å². The van der Waals surface area contributed by atoms with Gasteiger partial charge in [0.2, 0.25) is 5.55 Å². The summed E-state index contributed by atoms with van der Waals surface area (Å²) in [5.41, 5.74) is 1.66. The predicted octanol–water partition coefficient (Wildman–Crippen LogP) is 4.17. The number of carbonyl (C=O) groups excluding carboxylic acids is 1. The molecule has 3 aromatic rings. The van der Waals surface area contributed by atoms with Crippen LogP contribution in [0.3, 0.4) is 0 Å². The number of benzene rings is 2. The third-order valence-corrected chi connectivity index (χ3v) is 4.11. The number of hydrogen-bond acceptors (Lipinski definition) is 3. The number of hydrogen-bond donors (Lipinski definition) is 2. The SMILES string of the molecule is C[C@@H](NC(=O)c1cc2cc(Br)ccc2oc1=N)c1ccccc1. The molecule has 1 heterocycles. The maximum Gasteiger partial charge on any atom is 0.257 e. The van der Waals surface area contributed by atoms with E-state index in [0.29, 0.717) is 5.58 Å².